The lowest BCUT2D eigenvalue weighted by atomic mass is 9.95. The maximum Gasteiger partial charge on any atom is 0.330 e. The molecule has 0 aromatic heterocycles. The molecule has 3 aromatic carbocycles. The summed E-state index contributed by atoms with van der Waals surface area (Å²) in [4.78, 5) is 11.3. The summed E-state index contributed by atoms with van der Waals surface area (Å²) in [5.74, 6) is -0.300. The fourth-order valence-electron chi connectivity index (χ4n) is 3.16. The van der Waals surface area contributed by atoms with E-state index in [9.17, 15) is 4.79 Å². The average molecular weight is 406 g/mol. The highest BCUT2D eigenvalue weighted by Crippen LogP contribution is 2.32. The van der Waals surface area contributed by atoms with Crippen LogP contribution in [0.5, 0.6) is 5.75 Å². The molecular formula is C25H23FO4. The third-order valence-corrected chi connectivity index (χ3v) is 4.59. The standard InChI is InChI=1S/C25H23FO4/c1-2-25(28)30-14-12-20-16-21(29-15-13-27)9-11-22(20)23-10-8-19(17-24(23)26)18-6-4-3-5-7-18/h2-11,16-17,27H,1,12-15H2. The SMILES string of the molecule is C=CC(=O)OCCc1cc(OCCO)ccc1-c1ccc(-c2ccccc2)cc1F. The van der Waals surface area contributed by atoms with Crippen LogP contribution in [0, 0.1) is 5.82 Å². The van der Waals surface area contributed by atoms with Crippen molar-refractivity contribution >= 4 is 5.97 Å². The zero-order valence-corrected chi connectivity index (χ0v) is 16.5. The zero-order chi connectivity index (χ0) is 21.3. The molecule has 0 bridgehead atoms. The first kappa shape index (κ1) is 21.3. The molecule has 0 spiro atoms. The number of rotatable bonds is 9. The molecule has 154 valence electrons. The molecule has 0 aliphatic carbocycles. The fraction of sp³-hybridized carbons (Fsp3) is 0.160. The number of aliphatic hydroxyl groups is 1. The Morgan fingerprint density at radius 3 is 2.43 bits per heavy atom. The first-order chi connectivity index (χ1) is 14.6. The smallest absolute Gasteiger partial charge is 0.330 e. The Balaban J connectivity index is 1.92. The van der Waals surface area contributed by atoms with Gasteiger partial charge in [0.1, 0.15) is 18.2 Å². The van der Waals surface area contributed by atoms with Crippen molar-refractivity contribution in [3.63, 3.8) is 0 Å². The second kappa shape index (κ2) is 10.4. The molecule has 4 nitrogen and oxygen atoms in total. The van der Waals surface area contributed by atoms with Crippen LogP contribution in [0.25, 0.3) is 22.3 Å². The molecule has 0 aliphatic rings. The molecule has 1 N–H and O–H groups in total. The summed E-state index contributed by atoms with van der Waals surface area (Å²) in [5.41, 5.74) is 3.65. The van der Waals surface area contributed by atoms with Gasteiger partial charge in [0.25, 0.3) is 0 Å². The molecule has 3 rings (SSSR count). The van der Waals surface area contributed by atoms with E-state index >= 15 is 4.39 Å². The van der Waals surface area contributed by atoms with Gasteiger partial charge in [-0.3, -0.25) is 0 Å². The van der Waals surface area contributed by atoms with E-state index in [0.29, 0.717) is 23.3 Å². The summed E-state index contributed by atoms with van der Waals surface area (Å²) in [6, 6.07) is 20.0. The molecular weight excluding hydrogens is 383 g/mol. The van der Waals surface area contributed by atoms with Crippen molar-refractivity contribution in [2.75, 3.05) is 19.8 Å². The molecule has 0 saturated carbocycles. The number of carbonyl (C=O) groups excluding carboxylic acids is 1. The largest absolute Gasteiger partial charge is 0.491 e. The number of hydrogen-bond donors (Lipinski definition) is 1. The van der Waals surface area contributed by atoms with E-state index in [-0.39, 0.29) is 25.6 Å². The van der Waals surface area contributed by atoms with E-state index in [2.05, 4.69) is 6.58 Å². The second-order valence-electron chi connectivity index (χ2n) is 6.57. The molecule has 0 radical (unpaired) electrons. The topological polar surface area (TPSA) is 55.8 Å². The van der Waals surface area contributed by atoms with Crippen molar-refractivity contribution in [2.45, 2.75) is 6.42 Å². The Hall–Kier alpha value is -3.44. The first-order valence-electron chi connectivity index (χ1n) is 9.63. The monoisotopic (exact) mass is 406 g/mol. The Bertz CT molecular complexity index is 1010. The van der Waals surface area contributed by atoms with Gasteiger partial charge in [-0.05, 0) is 40.5 Å². The molecule has 0 saturated heterocycles. The van der Waals surface area contributed by atoms with Crippen LogP contribution in [0.15, 0.2) is 79.4 Å². The fourth-order valence-corrected chi connectivity index (χ4v) is 3.16. The molecule has 3 aromatic rings. The quantitative estimate of drug-likeness (QED) is 0.410. The first-order valence-corrected chi connectivity index (χ1v) is 9.63. The predicted octanol–water partition coefficient (Wildman–Crippen LogP) is 4.80. The van der Waals surface area contributed by atoms with Crippen LogP contribution in [0.4, 0.5) is 4.39 Å². The summed E-state index contributed by atoms with van der Waals surface area (Å²) in [6.07, 6.45) is 1.48. The number of ether oxygens (including phenoxy) is 2. The van der Waals surface area contributed by atoms with E-state index in [1.165, 1.54) is 6.07 Å². The van der Waals surface area contributed by atoms with Crippen molar-refractivity contribution in [1.82, 2.24) is 0 Å². The summed E-state index contributed by atoms with van der Waals surface area (Å²) in [5, 5.41) is 8.97. The van der Waals surface area contributed by atoms with Crippen LogP contribution in [0.1, 0.15) is 5.56 Å². The number of halogens is 1. The summed E-state index contributed by atoms with van der Waals surface area (Å²) >= 11 is 0. The van der Waals surface area contributed by atoms with E-state index in [4.69, 9.17) is 14.6 Å². The Kier molecular flexibility index (Phi) is 7.35. The molecule has 0 fully saturated rings. The number of esters is 1. The minimum absolute atomic E-state index is 0.108. The lowest BCUT2D eigenvalue weighted by molar-refractivity contribution is -0.137. The maximum absolute atomic E-state index is 15.0. The molecule has 0 aliphatic heterocycles. The van der Waals surface area contributed by atoms with Gasteiger partial charge in [0.05, 0.1) is 13.2 Å². The van der Waals surface area contributed by atoms with Gasteiger partial charge in [-0.1, -0.05) is 55.1 Å². The van der Waals surface area contributed by atoms with Crippen LogP contribution in [0.2, 0.25) is 0 Å². The number of aliphatic hydroxyl groups excluding tert-OH is 1. The molecule has 0 unspecified atom stereocenters. The zero-order valence-electron chi connectivity index (χ0n) is 16.5. The minimum atomic E-state index is -0.511. The van der Waals surface area contributed by atoms with E-state index < -0.39 is 5.97 Å². The summed E-state index contributed by atoms with van der Waals surface area (Å²) < 4.78 is 25.6. The molecule has 0 atom stereocenters. The van der Waals surface area contributed by atoms with E-state index in [1.807, 2.05) is 36.4 Å². The highest BCUT2D eigenvalue weighted by molar-refractivity contribution is 5.81. The molecule has 5 heteroatoms. The van der Waals surface area contributed by atoms with Crippen molar-refractivity contribution in [3.8, 4) is 28.0 Å². The lowest BCUT2D eigenvalue weighted by Gasteiger charge is -2.14. The number of carbonyl (C=O) groups is 1. The van der Waals surface area contributed by atoms with Gasteiger partial charge in [0.2, 0.25) is 0 Å². The number of hydrogen-bond acceptors (Lipinski definition) is 4. The van der Waals surface area contributed by atoms with Crippen molar-refractivity contribution < 1.29 is 23.8 Å². The van der Waals surface area contributed by atoms with Crippen molar-refractivity contribution in [2.24, 2.45) is 0 Å². The third-order valence-electron chi connectivity index (χ3n) is 4.59. The number of benzene rings is 3. The van der Waals surface area contributed by atoms with Crippen LogP contribution >= 0.6 is 0 Å². The Morgan fingerprint density at radius 1 is 0.967 bits per heavy atom. The highest BCUT2D eigenvalue weighted by atomic mass is 19.1. The maximum atomic E-state index is 15.0. The van der Waals surface area contributed by atoms with Gasteiger partial charge in [-0.15, -0.1) is 0 Å². The van der Waals surface area contributed by atoms with Gasteiger partial charge in [-0.2, -0.15) is 0 Å². The summed E-state index contributed by atoms with van der Waals surface area (Å²) in [6.45, 7) is 3.56. The predicted molar refractivity (Wildman–Crippen MR) is 115 cm³/mol. The second-order valence-corrected chi connectivity index (χ2v) is 6.57. The van der Waals surface area contributed by atoms with Crippen LogP contribution in [0.3, 0.4) is 0 Å². The van der Waals surface area contributed by atoms with Crippen molar-refractivity contribution in [1.29, 1.82) is 0 Å². The minimum Gasteiger partial charge on any atom is -0.491 e. The van der Waals surface area contributed by atoms with Gasteiger partial charge >= 0.3 is 5.97 Å². The van der Waals surface area contributed by atoms with Crippen molar-refractivity contribution in [3.05, 3.63) is 90.8 Å². The van der Waals surface area contributed by atoms with E-state index in [0.717, 1.165) is 22.8 Å². The Labute approximate surface area is 175 Å². The van der Waals surface area contributed by atoms with Gasteiger partial charge in [0.15, 0.2) is 0 Å². The normalized spacial score (nSPS) is 10.5. The molecule has 30 heavy (non-hydrogen) atoms. The third kappa shape index (κ3) is 5.33. The van der Waals surface area contributed by atoms with E-state index in [1.54, 1.807) is 24.3 Å². The molecule has 0 heterocycles. The van der Waals surface area contributed by atoms with Gasteiger partial charge in [-0.25, -0.2) is 9.18 Å². The van der Waals surface area contributed by atoms with Crippen LogP contribution in [-0.4, -0.2) is 30.9 Å². The van der Waals surface area contributed by atoms with Crippen LogP contribution < -0.4 is 4.74 Å². The van der Waals surface area contributed by atoms with Gasteiger partial charge in [0, 0.05) is 18.1 Å². The van der Waals surface area contributed by atoms with Gasteiger partial charge < -0.3 is 14.6 Å². The lowest BCUT2D eigenvalue weighted by Crippen LogP contribution is -2.06. The molecule has 0 amide bonds. The van der Waals surface area contributed by atoms with Crippen LogP contribution in [-0.2, 0) is 16.0 Å². The summed E-state index contributed by atoms with van der Waals surface area (Å²) in [7, 11) is 0. The highest BCUT2D eigenvalue weighted by Gasteiger charge is 2.13. The average Bonchev–Trinajstić information content (AvgIpc) is 2.78. The Morgan fingerprint density at radius 2 is 1.73 bits per heavy atom.